The molecule has 0 bridgehead atoms. The summed E-state index contributed by atoms with van der Waals surface area (Å²) >= 11 is 0. The standard InChI is InChI=1S/C14H18N4O4.ClH/c1-7(2)12(15)13(20)16-6-11(19)17-8-3-4-10-9(5-8)18-14(21)22-10;/h3-5,7,12H,6,15H2,1-2H3,(H,16,20)(H,17,19)(H,18,21);1H/t12-;/m0./s1. The van der Waals surface area contributed by atoms with Gasteiger partial charge in [0.1, 0.15) is 0 Å². The number of rotatable bonds is 5. The van der Waals surface area contributed by atoms with Crippen LogP contribution in [0.3, 0.4) is 0 Å². The number of halogens is 1. The molecule has 0 spiro atoms. The zero-order valence-corrected chi connectivity index (χ0v) is 13.5. The molecule has 126 valence electrons. The number of fused-ring (bicyclic) bond motifs is 1. The van der Waals surface area contributed by atoms with Crippen LogP contribution in [0.1, 0.15) is 13.8 Å². The highest BCUT2D eigenvalue weighted by Crippen LogP contribution is 2.15. The van der Waals surface area contributed by atoms with E-state index in [4.69, 9.17) is 10.2 Å². The largest absolute Gasteiger partial charge is 0.417 e. The van der Waals surface area contributed by atoms with Gasteiger partial charge in [0.05, 0.1) is 18.1 Å². The van der Waals surface area contributed by atoms with E-state index in [1.165, 1.54) is 0 Å². The van der Waals surface area contributed by atoms with Gasteiger partial charge in [-0.1, -0.05) is 13.8 Å². The second-order valence-electron chi connectivity index (χ2n) is 5.26. The summed E-state index contributed by atoms with van der Waals surface area (Å²) in [7, 11) is 0. The maximum absolute atomic E-state index is 11.8. The molecule has 0 aliphatic rings. The minimum absolute atomic E-state index is 0. The summed E-state index contributed by atoms with van der Waals surface area (Å²) < 4.78 is 4.86. The molecular formula is C14H19ClN4O4. The summed E-state index contributed by atoms with van der Waals surface area (Å²) in [5, 5.41) is 5.08. The molecule has 0 aliphatic heterocycles. The Bertz CT molecular complexity index is 753. The lowest BCUT2D eigenvalue weighted by Gasteiger charge is -2.15. The van der Waals surface area contributed by atoms with Crippen LogP contribution in [0.25, 0.3) is 11.1 Å². The number of anilines is 1. The number of carbonyl (C=O) groups is 2. The predicted molar refractivity (Wildman–Crippen MR) is 88.5 cm³/mol. The summed E-state index contributed by atoms with van der Waals surface area (Å²) in [5.74, 6) is -1.34. The lowest BCUT2D eigenvalue weighted by Crippen LogP contribution is -2.46. The van der Waals surface area contributed by atoms with Crippen LogP contribution in [0.5, 0.6) is 0 Å². The molecule has 9 heteroatoms. The number of nitrogens with one attached hydrogen (secondary N) is 3. The third kappa shape index (κ3) is 4.83. The van der Waals surface area contributed by atoms with Gasteiger partial charge in [0.15, 0.2) is 5.58 Å². The second kappa shape index (κ2) is 7.80. The van der Waals surface area contributed by atoms with Crippen molar-refractivity contribution in [2.24, 2.45) is 11.7 Å². The third-order valence-electron chi connectivity index (χ3n) is 3.15. The van der Waals surface area contributed by atoms with E-state index in [0.717, 1.165) is 0 Å². The van der Waals surface area contributed by atoms with Crippen LogP contribution in [0, 0.1) is 5.92 Å². The number of nitrogens with two attached hydrogens (primary N) is 1. The molecule has 2 rings (SSSR count). The molecule has 0 saturated carbocycles. The van der Waals surface area contributed by atoms with Crippen LogP contribution in [0.15, 0.2) is 27.4 Å². The Hall–Kier alpha value is -2.32. The minimum atomic E-state index is -0.653. The fourth-order valence-electron chi connectivity index (χ4n) is 1.82. The number of benzene rings is 1. The van der Waals surface area contributed by atoms with Crippen LogP contribution in [0.2, 0.25) is 0 Å². The maximum atomic E-state index is 11.8. The van der Waals surface area contributed by atoms with Crippen molar-refractivity contribution in [1.29, 1.82) is 0 Å². The monoisotopic (exact) mass is 342 g/mol. The average molecular weight is 343 g/mol. The molecule has 1 heterocycles. The SMILES string of the molecule is CC(C)[C@H](N)C(=O)NCC(=O)Nc1ccc2oc(=O)[nH]c2c1.Cl. The zero-order valence-electron chi connectivity index (χ0n) is 12.7. The number of aromatic amines is 1. The van der Waals surface area contributed by atoms with Gasteiger partial charge in [-0.2, -0.15) is 0 Å². The summed E-state index contributed by atoms with van der Waals surface area (Å²) in [6.07, 6.45) is 0. The van der Waals surface area contributed by atoms with Crippen molar-refractivity contribution in [1.82, 2.24) is 10.3 Å². The van der Waals surface area contributed by atoms with Crippen LogP contribution in [0.4, 0.5) is 5.69 Å². The first-order chi connectivity index (χ1) is 10.4. The van der Waals surface area contributed by atoms with Crippen molar-refractivity contribution < 1.29 is 14.0 Å². The molecule has 0 fully saturated rings. The van der Waals surface area contributed by atoms with Gasteiger partial charge >= 0.3 is 5.76 Å². The molecule has 2 amide bonds. The maximum Gasteiger partial charge on any atom is 0.417 e. The van der Waals surface area contributed by atoms with Gasteiger partial charge in [-0.05, 0) is 24.1 Å². The van der Waals surface area contributed by atoms with Gasteiger partial charge in [-0.25, -0.2) is 4.79 Å². The second-order valence-corrected chi connectivity index (χ2v) is 5.26. The number of hydrogen-bond acceptors (Lipinski definition) is 5. The third-order valence-corrected chi connectivity index (χ3v) is 3.15. The molecule has 8 nitrogen and oxygen atoms in total. The molecule has 0 saturated heterocycles. The van der Waals surface area contributed by atoms with E-state index >= 15 is 0 Å². The van der Waals surface area contributed by atoms with Gasteiger partial charge in [0.2, 0.25) is 11.8 Å². The number of H-pyrrole nitrogens is 1. The molecule has 23 heavy (non-hydrogen) atoms. The highest BCUT2D eigenvalue weighted by Gasteiger charge is 2.17. The van der Waals surface area contributed by atoms with Gasteiger partial charge in [-0.3, -0.25) is 14.6 Å². The van der Waals surface area contributed by atoms with Crippen molar-refractivity contribution in [3.05, 3.63) is 28.7 Å². The summed E-state index contributed by atoms with van der Waals surface area (Å²) in [5.41, 5.74) is 7.04. The zero-order chi connectivity index (χ0) is 16.3. The number of hydrogen-bond donors (Lipinski definition) is 4. The summed E-state index contributed by atoms with van der Waals surface area (Å²) in [4.78, 5) is 37.0. The van der Waals surface area contributed by atoms with E-state index in [0.29, 0.717) is 16.8 Å². The number of carbonyl (C=O) groups excluding carboxylic acids is 2. The Balaban J connectivity index is 0.00000264. The van der Waals surface area contributed by atoms with E-state index in [2.05, 4.69) is 15.6 Å². The Labute approximate surface area is 138 Å². The molecule has 2 aromatic rings. The van der Waals surface area contributed by atoms with Gasteiger partial charge in [-0.15, -0.1) is 12.4 Å². The molecule has 0 aliphatic carbocycles. The fourth-order valence-corrected chi connectivity index (χ4v) is 1.82. The first-order valence-corrected chi connectivity index (χ1v) is 6.83. The molecular weight excluding hydrogens is 324 g/mol. The number of oxazole rings is 1. The summed E-state index contributed by atoms with van der Waals surface area (Å²) in [6.45, 7) is 3.47. The van der Waals surface area contributed by atoms with Crippen molar-refractivity contribution in [3.8, 4) is 0 Å². The Morgan fingerprint density at radius 1 is 1.35 bits per heavy atom. The molecule has 1 aromatic carbocycles. The van der Waals surface area contributed by atoms with E-state index in [1.807, 2.05) is 13.8 Å². The van der Waals surface area contributed by atoms with E-state index in [9.17, 15) is 14.4 Å². The highest BCUT2D eigenvalue weighted by molar-refractivity contribution is 5.96. The van der Waals surface area contributed by atoms with Crippen molar-refractivity contribution >= 4 is 41.0 Å². The quantitative estimate of drug-likeness (QED) is 0.631. The minimum Gasteiger partial charge on any atom is -0.408 e. The average Bonchev–Trinajstić information content (AvgIpc) is 2.83. The lowest BCUT2D eigenvalue weighted by molar-refractivity contribution is -0.125. The summed E-state index contributed by atoms with van der Waals surface area (Å²) in [6, 6.07) is 4.08. The lowest BCUT2D eigenvalue weighted by atomic mass is 10.1. The predicted octanol–water partition coefficient (Wildman–Crippen LogP) is 0.581. The van der Waals surface area contributed by atoms with Crippen LogP contribution in [-0.4, -0.2) is 29.4 Å². The molecule has 0 unspecified atom stereocenters. The number of aromatic nitrogens is 1. The Morgan fingerprint density at radius 3 is 2.70 bits per heavy atom. The van der Waals surface area contributed by atoms with E-state index in [-0.39, 0.29) is 30.8 Å². The van der Waals surface area contributed by atoms with Crippen molar-refractivity contribution in [2.45, 2.75) is 19.9 Å². The van der Waals surface area contributed by atoms with E-state index < -0.39 is 17.7 Å². The van der Waals surface area contributed by atoms with Gasteiger partial charge in [0, 0.05) is 5.69 Å². The van der Waals surface area contributed by atoms with Crippen LogP contribution >= 0.6 is 12.4 Å². The Kier molecular flexibility index (Phi) is 6.35. The first-order valence-electron chi connectivity index (χ1n) is 6.83. The molecule has 1 aromatic heterocycles. The highest BCUT2D eigenvalue weighted by atomic mass is 35.5. The smallest absolute Gasteiger partial charge is 0.408 e. The topological polar surface area (TPSA) is 130 Å². The molecule has 5 N–H and O–H groups in total. The van der Waals surface area contributed by atoms with Gasteiger partial charge < -0.3 is 20.8 Å². The molecule has 1 atom stereocenters. The first kappa shape index (κ1) is 18.7. The van der Waals surface area contributed by atoms with Crippen LogP contribution in [-0.2, 0) is 9.59 Å². The van der Waals surface area contributed by atoms with Crippen molar-refractivity contribution in [3.63, 3.8) is 0 Å². The van der Waals surface area contributed by atoms with Crippen molar-refractivity contribution in [2.75, 3.05) is 11.9 Å². The van der Waals surface area contributed by atoms with Gasteiger partial charge in [0.25, 0.3) is 0 Å². The van der Waals surface area contributed by atoms with Crippen LogP contribution < -0.4 is 22.1 Å². The fraction of sp³-hybridized carbons (Fsp3) is 0.357. The molecule has 0 radical (unpaired) electrons. The normalized spacial score (nSPS) is 11.8. The van der Waals surface area contributed by atoms with E-state index in [1.54, 1.807) is 18.2 Å². The Morgan fingerprint density at radius 2 is 2.04 bits per heavy atom. The number of amides is 2.